The van der Waals surface area contributed by atoms with E-state index in [1.807, 2.05) is 30.3 Å². The van der Waals surface area contributed by atoms with Gasteiger partial charge in [0.15, 0.2) is 0 Å². The molecule has 0 spiro atoms. The number of ether oxygens (including phenoxy) is 1. The topological polar surface area (TPSA) is 87.0 Å². The summed E-state index contributed by atoms with van der Waals surface area (Å²) in [7, 11) is 1.61. The highest BCUT2D eigenvalue weighted by Gasteiger charge is 2.08. The molecular formula is C20H16N4O2. The molecule has 6 heteroatoms. The lowest BCUT2D eigenvalue weighted by Crippen LogP contribution is -2.12. The van der Waals surface area contributed by atoms with Gasteiger partial charge in [-0.05, 0) is 54.6 Å². The Labute approximate surface area is 151 Å². The van der Waals surface area contributed by atoms with E-state index in [2.05, 4.69) is 15.6 Å². The smallest absolute Gasteiger partial charge is 0.257 e. The van der Waals surface area contributed by atoms with Gasteiger partial charge >= 0.3 is 0 Å². The van der Waals surface area contributed by atoms with Crippen LogP contribution in [0, 0.1) is 11.3 Å². The Balaban J connectivity index is 1.71. The van der Waals surface area contributed by atoms with Crippen molar-refractivity contribution in [2.24, 2.45) is 0 Å². The molecular weight excluding hydrogens is 328 g/mol. The van der Waals surface area contributed by atoms with Gasteiger partial charge in [-0.1, -0.05) is 0 Å². The van der Waals surface area contributed by atoms with Crippen LogP contribution in [0.25, 0.3) is 0 Å². The number of pyridine rings is 1. The molecule has 0 radical (unpaired) electrons. The second kappa shape index (κ2) is 7.81. The van der Waals surface area contributed by atoms with Gasteiger partial charge in [0.05, 0.1) is 36.2 Å². The largest absolute Gasteiger partial charge is 0.497 e. The van der Waals surface area contributed by atoms with Crippen LogP contribution >= 0.6 is 0 Å². The minimum atomic E-state index is -0.277. The molecule has 0 atom stereocenters. The average Bonchev–Trinajstić information content (AvgIpc) is 2.69. The van der Waals surface area contributed by atoms with Gasteiger partial charge in [0, 0.05) is 17.6 Å². The Morgan fingerprint density at radius 2 is 1.69 bits per heavy atom. The van der Waals surface area contributed by atoms with Crippen molar-refractivity contribution < 1.29 is 9.53 Å². The maximum atomic E-state index is 12.4. The van der Waals surface area contributed by atoms with Crippen molar-refractivity contribution in [3.05, 3.63) is 78.1 Å². The molecule has 0 aliphatic carbocycles. The van der Waals surface area contributed by atoms with Crippen LogP contribution in [-0.2, 0) is 0 Å². The monoisotopic (exact) mass is 344 g/mol. The molecule has 2 N–H and O–H groups in total. The Bertz CT molecular complexity index is 945. The summed E-state index contributed by atoms with van der Waals surface area (Å²) >= 11 is 0. The van der Waals surface area contributed by atoms with Crippen molar-refractivity contribution in [1.82, 2.24) is 4.98 Å². The van der Waals surface area contributed by atoms with Gasteiger partial charge in [0.1, 0.15) is 5.75 Å². The average molecular weight is 344 g/mol. The highest BCUT2D eigenvalue weighted by molar-refractivity contribution is 6.04. The summed E-state index contributed by atoms with van der Waals surface area (Å²) in [6, 6.07) is 17.9. The number of nitriles is 1. The highest BCUT2D eigenvalue weighted by Crippen LogP contribution is 2.20. The molecule has 0 bridgehead atoms. The van der Waals surface area contributed by atoms with Crippen LogP contribution in [0.4, 0.5) is 17.1 Å². The molecule has 0 aliphatic heterocycles. The summed E-state index contributed by atoms with van der Waals surface area (Å²) in [4.78, 5) is 16.5. The summed E-state index contributed by atoms with van der Waals surface area (Å²) in [6.45, 7) is 0. The van der Waals surface area contributed by atoms with Gasteiger partial charge in [0.25, 0.3) is 5.91 Å². The lowest BCUT2D eigenvalue weighted by Gasteiger charge is -2.09. The minimum absolute atomic E-state index is 0.277. The molecule has 0 saturated carbocycles. The van der Waals surface area contributed by atoms with Crippen molar-refractivity contribution in [3.63, 3.8) is 0 Å². The second-order valence-electron chi connectivity index (χ2n) is 5.46. The normalized spacial score (nSPS) is 9.85. The molecule has 0 unspecified atom stereocenters. The van der Waals surface area contributed by atoms with E-state index >= 15 is 0 Å². The van der Waals surface area contributed by atoms with E-state index in [1.165, 1.54) is 6.20 Å². The number of benzene rings is 2. The van der Waals surface area contributed by atoms with E-state index in [0.29, 0.717) is 22.5 Å². The number of aromatic nitrogens is 1. The van der Waals surface area contributed by atoms with Crippen LogP contribution in [-0.4, -0.2) is 18.0 Å². The fourth-order valence-corrected chi connectivity index (χ4v) is 2.30. The van der Waals surface area contributed by atoms with Crippen LogP contribution in [0.1, 0.15) is 15.9 Å². The van der Waals surface area contributed by atoms with Gasteiger partial charge in [-0.25, -0.2) is 0 Å². The first-order valence-corrected chi connectivity index (χ1v) is 7.85. The molecule has 1 amide bonds. The zero-order valence-electron chi connectivity index (χ0n) is 14.1. The number of rotatable bonds is 5. The van der Waals surface area contributed by atoms with Gasteiger partial charge in [0.2, 0.25) is 0 Å². The predicted octanol–water partition coefficient (Wildman–Crippen LogP) is 3.96. The number of anilines is 3. The van der Waals surface area contributed by atoms with Gasteiger partial charge < -0.3 is 15.4 Å². The van der Waals surface area contributed by atoms with Crippen LogP contribution in [0.2, 0.25) is 0 Å². The Kier molecular flexibility index (Phi) is 5.11. The molecule has 1 aromatic heterocycles. The van der Waals surface area contributed by atoms with Crippen molar-refractivity contribution >= 4 is 23.0 Å². The number of methoxy groups -OCH3 is 1. The highest BCUT2D eigenvalue weighted by atomic mass is 16.5. The van der Waals surface area contributed by atoms with E-state index in [4.69, 9.17) is 10.00 Å². The van der Waals surface area contributed by atoms with Crippen molar-refractivity contribution in [3.8, 4) is 11.8 Å². The fourth-order valence-electron chi connectivity index (χ4n) is 2.30. The third-order valence-corrected chi connectivity index (χ3v) is 3.65. The van der Waals surface area contributed by atoms with Gasteiger partial charge in [-0.15, -0.1) is 0 Å². The number of hydrogen-bond donors (Lipinski definition) is 2. The first-order valence-electron chi connectivity index (χ1n) is 7.85. The lowest BCUT2D eigenvalue weighted by molar-refractivity contribution is 0.102. The minimum Gasteiger partial charge on any atom is -0.497 e. The first-order chi connectivity index (χ1) is 12.7. The SMILES string of the molecule is COc1ccc(Nc2cncc(C(=O)Nc3ccc(C#N)cc3)c2)cc1. The molecule has 3 aromatic rings. The molecule has 6 nitrogen and oxygen atoms in total. The molecule has 0 saturated heterocycles. The fraction of sp³-hybridized carbons (Fsp3) is 0.0500. The lowest BCUT2D eigenvalue weighted by atomic mass is 10.2. The maximum Gasteiger partial charge on any atom is 0.257 e. The Morgan fingerprint density at radius 3 is 2.35 bits per heavy atom. The van der Waals surface area contributed by atoms with E-state index < -0.39 is 0 Å². The number of nitrogens with one attached hydrogen (secondary N) is 2. The Morgan fingerprint density at radius 1 is 1.00 bits per heavy atom. The molecule has 2 aromatic carbocycles. The van der Waals surface area contributed by atoms with Crippen LogP contribution in [0.15, 0.2) is 67.0 Å². The van der Waals surface area contributed by atoms with Crippen molar-refractivity contribution in [1.29, 1.82) is 5.26 Å². The van der Waals surface area contributed by atoms with Gasteiger partial charge in [-0.3, -0.25) is 9.78 Å². The van der Waals surface area contributed by atoms with Crippen molar-refractivity contribution in [2.75, 3.05) is 17.7 Å². The molecule has 1 heterocycles. The van der Waals surface area contributed by atoms with E-state index in [9.17, 15) is 4.79 Å². The number of carbonyl (C=O) groups excluding carboxylic acids is 1. The maximum absolute atomic E-state index is 12.4. The number of hydrogen-bond acceptors (Lipinski definition) is 5. The van der Waals surface area contributed by atoms with Crippen LogP contribution < -0.4 is 15.4 Å². The number of amides is 1. The zero-order chi connectivity index (χ0) is 18.4. The standard InChI is InChI=1S/C20H16N4O2/c1-26-19-8-6-16(7-9-19)23-18-10-15(12-22-13-18)20(25)24-17-4-2-14(11-21)3-5-17/h2-10,12-13,23H,1H3,(H,24,25). The quantitative estimate of drug-likeness (QED) is 0.731. The predicted molar refractivity (Wildman–Crippen MR) is 99.6 cm³/mol. The summed E-state index contributed by atoms with van der Waals surface area (Å²) in [5.74, 6) is 0.491. The number of carbonyl (C=O) groups is 1. The van der Waals surface area contributed by atoms with Crippen molar-refractivity contribution in [2.45, 2.75) is 0 Å². The van der Waals surface area contributed by atoms with Crippen LogP contribution in [0.3, 0.4) is 0 Å². The number of nitrogens with zero attached hydrogens (tertiary/aromatic N) is 2. The molecule has 26 heavy (non-hydrogen) atoms. The second-order valence-corrected chi connectivity index (χ2v) is 5.46. The van der Waals surface area contributed by atoms with Gasteiger partial charge in [-0.2, -0.15) is 5.26 Å². The van der Waals surface area contributed by atoms with E-state index in [0.717, 1.165) is 11.4 Å². The zero-order valence-corrected chi connectivity index (χ0v) is 14.1. The summed E-state index contributed by atoms with van der Waals surface area (Å²) in [6.07, 6.45) is 3.14. The molecule has 128 valence electrons. The summed E-state index contributed by atoms with van der Waals surface area (Å²) in [5, 5.41) is 14.8. The summed E-state index contributed by atoms with van der Waals surface area (Å²) in [5.41, 5.74) is 3.13. The van der Waals surface area contributed by atoms with E-state index in [1.54, 1.807) is 43.6 Å². The molecule has 0 aliphatic rings. The molecule has 3 rings (SSSR count). The third-order valence-electron chi connectivity index (χ3n) is 3.65. The van der Waals surface area contributed by atoms with Crippen LogP contribution in [0.5, 0.6) is 5.75 Å². The van der Waals surface area contributed by atoms with E-state index in [-0.39, 0.29) is 5.91 Å². The Hall–Kier alpha value is -3.85. The summed E-state index contributed by atoms with van der Waals surface area (Å²) < 4.78 is 5.13. The third kappa shape index (κ3) is 4.16. The molecule has 0 fully saturated rings. The first kappa shape index (κ1) is 17.0.